The maximum absolute atomic E-state index is 14.1. The highest BCUT2D eigenvalue weighted by molar-refractivity contribution is 7.81. The van der Waals surface area contributed by atoms with Crippen LogP contribution in [0.5, 0.6) is 23.0 Å². The third kappa shape index (κ3) is 8.35. The standard InChI is InChI=1S/C50H51N5O8S/c1-50(2,64)29-53(47(56)14-15-59-3)34-17-30(27-62-45-23-39-37(21-43(45)60-4)48(57)54-35(25-51-39)19-32-10-6-8-12-41(32)54)16-31(18-34)28-63-46-24-40-38(22-44(46)61-5)49(58)55-36(26-52-40)20-33-11-7-9-13-42(33)55/h6-13,16-18,21-25,35-36,52,64H,14-15,19-20,26-29H2,1-5H3/t35-,36-/m0/s1. The molecule has 13 nitrogen and oxygen atoms in total. The predicted molar refractivity (Wildman–Crippen MR) is 251 cm³/mol. The summed E-state index contributed by atoms with van der Waals surface area (Å²) in [6, 6.07) is 28.5. The van der Waals surface area contributed by atoms with Crippen LogP contribution in [-0.2, 0) is 35.6 Å². The zero-order valence-corrected chi connectivity index (χ0v) is 37.4. The van der Waals surface area contributed by atoms with Gasteiger partial charge in [-0.15, -0.1) is 0 Å². The Kier molecular flexibility index (Phi) is 11.7. The van der Waals surface area contributed by atoms with Crippen LogP contribution in [0.2, 0.25) is 0 Å². The predicted octanol–water partition coefficient (Wildman–Crippen LogP) is 8.22. The van der Waals surface area contributed by atoms with E-state index in [0.29, 0.717) is 70.7 Å². The topological polar surface area (TPSA) is 131 Å². The highest BCUT2D eigenvalue weighted by Gasteiger charge is 2.39. The van der Waals surface area contributed by atoms with E-state index in [1.807, 2.05) is 91.7 Å². The van der Waals surface area contributed by atoms with E-state index >= 15 is 0 Å². The van der Waals surface area contributed by atoms with Gasteiger partial charge in [0.05, 0.1) is 61.8 Å². The number of methoxy groups -OCH3 is 3. The molecule has 4 heterocycles. The molecule has 4 aliphatic heterocycles. The minimum absolute atomic E-state index is 0.0234. The van der Waals surface area contributed by atoms with Gasteiger partial charge in [0.15, 0.2) is 23.0 Å². The molecule has 0 fully saturated rings. The summed E-state index contributed by atoms with van der Waals surface area (Å²) in [5.74, 6) is 1.26. The molecular weight excluding hydrogens is 831 g/mol. The van der Waals surface area contributed by atoms with Crippen LogP contribution >= 0.6 is 12.6 Å². The second-order valence-corrected chi connectivity index (χ2v) is 18.3. The summed E-state index contributed by atoms with van der Waals surface area (Å²) in [7, 11) is 4.66. The molecule has 0 saturated carbocycles. The Labute approximate surface area is 378 Å². The third-order valence-corrected chi connectivity index (χ3v) is 12.1. The van der Waals surface area contributed by atoms with Gasteiger partial charge >= 0.3 is 0 Å². The monoisotopic (exact) mass is 881 g/mol. The molecule has 4 aliphatic rings. The molecule has 0 radical (unpaired) electrons. The van der Waals surface area contributed by atoms with Crippen molar-refractivity contribution in [3.8, 4) is 23.0 Å². The van der Waals surface area contributed by atoms with Crippen molar-refractivity contribution in [1.29, 1.82) is 0 Å². The fraction of sp³-hybridized carbons (Fsp3) is 0.320. The first-order valence-electron chi connectivity index (χ1n) is 21.4. The highest BCUT2D eigenvalue weighted by Crippen LogP contribution is 2.43. The van der Waals surface area contributed by atoms with Gasteiger partial charge in [0.1, 0.15) is 13.2 Å². The largest absolute Gasteiger partial charge is 0.493 e. The minimum Gasteiger partial charge on any atom is -0.493 e. The number of amides is 3. The summed E-state index contributed by atoms with van der Waals surface area (Å²) in [5, 5.41) is 3.50. The van der Waals surface area contributed by atoms with E-state index in [-0.39, 0.29) is 56.0 Å². The molecule has 64 heavy (non-hydrogen) atoms. The number of nitrogens with zero attached hydrogens (tertiary/aromatic N) is 4. The average Bonchev–Trinajstić information content (AvgIpc) is 3.79. The Bertz CT molecular complexity index is 2680. The molecular formula is C50H51N5O8S. The van der Waals surface area contributed by atoms with Crippen LogP contribution in [0.15, 0.2) is 96.0 Å². The molecule has 0 spiro atoms. The Morgan fingerprint density at radius 3 is 2.05 bits per heavy atom. The second kappa shape index (κ2) is 17.6. The van der Waals surface area contributed by atoms with E-state index in [4.69, 9.17) is 41.3 Å². The fourth-order valence-corrected chi connectivity index (χ4v) is 9.16. The maximum atomic E-state index is 14.1. The van der Waals surface area contributed by atoms with Crippen molar-refractivity contribution < 1.29 is 38.1 Å². The number of anilines is 4. The van der Waals surface area contributed by atoms with Crippen molar-refractivity contribution in [3.05, 3.63) is 124 Å². The van der Waals surface area contributed by atoms with Crippen LogP contribution in [0.25, 0.3) is 0 Å². The summed E-state index contributed by atoms with van der Waals surface area (Å²) in [5.41, 5.74) is 8.25. The summed E-state index contributed by atoms with van der Waals surface area (Å²) in [6.45, 7) is 5.23. The summed E-state index contributed by atoms with van der Waals surface area (Å²) >= 11 is 4.81. The summed E-state index contributed by atoms with van der Waals surface area (Å²) in [6.07, 6.45) is 3.44. The van der Waals surface area contributed by atoms with Gasteiger partial charge < -0.3 is 38.8 Å². The zero-order chi connectivity index (χ0) is 44.7. The van der Waals surface area contributed by atoms with Gasteiger partial charge in [0.2, 0.25) is 5.91 Å². The molecule has 14 heteroatoms. The Morgan fingerprint density at radius 2 is 1.39 bits per heavy atom. The number of nitrogens with one attached hydrogen (secondary N) is 1. The molecule has 2 atom stereocenters. The van der Waals surface area contributed by atoms with Crippen molar-refractivity contribution in [2.45, 2.75) is 63.2 Å². The number of thiol groups is 1. The number of carbonyl (C=O) groups is 3. The summed E-state index contributed by atoms with van der Waals surface area (Å²) < 4.78 is 29.4. The first-order valence-corrected chi connectivity index (χ1v) is 21.8. The van der Waals surface area contributed by atoms with Gasteiger partial charge in [0.25, 0.3) is 11.8 Å². The smallest absolute Gasteiger partial charge is 0.261 e. The van der Waals surface area contributed by atoms with E-state index in [1.54, 1.807) is 42.2 Å². The molecule has 5 aromatic rings. The lowest BCUT2D eigenvalue weighted by Gasteiger charge is -2.30. The molecule has 0 aromatic heterocycles. The van der Waals surface area contributed by atoms with Crippen LogP contribution in [-0.4, -0.2) is 81.8 Å². The van der Waals surface area contributed by atoms with Crippen LogP contribution in [0.1, 0.15) is 63.2 Å². The lowest BCUT2D eigenvalue weighted by atomic mass is 10.1. The zero-order valence-electron chi connectivity index (χ0n) is 36.6. The number of aliphatic imine (C=N–C) groups is 1. The number of ether oxygens (including phenoxy) is 5. The van der Waals surface area contributed by atoms with Crippen molar-refractivity contribution in [1.82, 2.24) is 0 Å². The van der Waals surface area contributed by atoms with Crippen molar-refractivity contribution in [2.75, 3.05) is 61.0 Å². The van der Waals surface area contributed by atoms with Gasteiger partial charge in [-0.2, -0.15) is 12.6 Å². The van der Waals surface area contributed by atoms with E-state index < -0.39 is 4.75 Å². The molecule has 1 N–H and O–H groups in total. The van der Waals surface area contributed by atoms with Crippen LogP contribution in [0, 0.1) is 0 Å². The number of para-hydroxylation sites is 2. The minimum atomic E-state index is -0.535. The Balaban J connectivity index is 1.02. The van der Waals surface area contributed by atoms with E-state index in [2.05, 4.69) is 11.4 Å². The van der Waals surface area contributed by atoms with Gasteiger partial charge in [-0.25, -0.2) is 0 Å². The van der Waals surface area contributed by atoms with Crippen LogP contribution in [0.4, 0.5) is 28.4 Å². The first kappa shape index (κ1) is 42.8. The van der Waals surface area contributed by atoms with Crippen LogP contribution in [0.3, 0.4) is 0 Å². The highest BCUT2D eigenvalue weighted by atomic mass is 32.1. The lowest BCUT2D eigenvalue weighted by Crippen LogP contribution is -2.40. The fourth-order valence-electron chi connectivity index (χ4n) is 9.02. The number of hydrogen-bond acceptors (Lipinski definition) is 11. The Morgan fingerprint density at radius 1 is 0.781 bits per heavy atom. The number of benzene rings is 5. The van der Waals surface area contributed by atoms with Crippen molar-refractivity contribution in [3.63, 3.8) is 0 Å². The number of hydrogen-bond donors (Lipinski definition) is 2. The van der Waals surface area contributed by atoms with E-state index in [1.165, 1.54) is 7.11 Å². The lowest BCUT2D eigenvalue weighted by molar-refractivity contribution is -0.119. The SMILES string of the molecule is COCCC(=O)N(CC(C)(C)S)c1cc(COc2cc3c(cc2OC)C(=O)N2c4ccccc4C[C@H]2C=N3)cc(COc2cc3c(cc2OC)C(=O)N2c4ccccc4C[C@H]2CN3)c1. The number of rotatable bonds is 14. The Hall–Kier alpha value is -6.51. The molecule has 9 rings (SSSR count). The molecule has 0 unspecified atom stereocenters. The number of carbonyl (C=O) groups excluding carboxylic acids is 3. The normalized spacial score (nSPS) is 16.9. The van der Waals surface area contributed by atoms with E-state index in [9.17, 15) is 14.4 Å². The van der Waals surface area contributed by atoms with Crippen molar-refractivity contribution >= 4 is 65.0 Å². The molecule has 0 saturated heterocycles. The average molecular weight is 882 g/mol. The summed E-state index contributed by atoms with van der Waals surface area (Å²) in [4.78, 5) is 52.1. The molecule has 0 aliphatic carbocycles. The second-order valence-electron chi connectivity index (χ2n) is 17.1. The quantitative estimate of drug-likeness (QED) is 0.106. The first-order chi connectivity index (χ1) is 30.9. The molecule has 3 amide bonds. The van der Waals surface area contributed by atoms with Gasteiger partial charge in [-0.05, 0) is 85.0 Å². The van der Waals surface area contributed by atoms with Gasteiger partial charge in [-0.3, -0.25) is 24.3 Å². The third-order valence-electron chi connectivity index (χ3n) is 12.0. The van der Waals surface area contributed by atoms with E-state index in [0.717, 1.165) is 40.0 Å². The number of fused-ring (bicyclic) bond motifs is 8. The van der Waals surface area contributed by atoms with Crippen LogP contribution < -0.4 is 39.0 Å². The molecule has 0 bridgehead atoms. The molecule has 5 aromatic carbocycles. The van der Waals surface area contributed by atoms with Gasteiger partial charge in [-0.1, -0.05) is 36.4 Å². The molecule has 330 valence electrons. The van der Waals surface area contributed by atoms with Gasteiger partial charge in [0, 0.05) is 66.8 Å². The van der Waals surface area contributed by atoms with Crippen molar-refractivity contribution in [2.24, 2.45) is 4.99 Å². The maximum Gasteiger partial charge on any atom is 0.261 e.